The van der Waals surface area contributed by atoms with Gasteiger partial charge in [0.1, 0.15) is 5.75 Å². The first-order valence-electron chi connectivity index (χ1n) is 6.56. The van der Waals surface area contributed by atoms with Crippen LogP contribution < -0.4 is 4.74 Å². The first-order valence-corrected chi connectivity index (χ1v) is 6.56. The van der Waals surface area contributed by atoms with Gasteiger partial charge in [0, 0.05) is 11.6 Å². The van der Waals surface area contributed by atoms with Gasteiger partial charge in [0.2, 0.25) is 0 Å². The van der Waals surface area contributed by atoms with Crippen LogP contribution in [0.3, 0.4) is 0 Å². The summed E-state index contributed by atoms with van der Waals surface area (Å²) in [6.45, 7) is 0. The maximum absolute atomic E-state index is 11.1. The lowest BCUT2D eigenvalue weighted by atomic mass is 9.88. The van der Waals surface area contributed by atoms with Gasteiger partial charge in [0.25, 0.3) is 0 Å². The molecule has 1 unspecified atom stereocenters. The first-order chi connectivity index (χ1) is 9.20. The minimum atomic E-state index is -0.726. The summed E-state index contributed by atoms with van der Waals surface area (Å²) in [6.07, 6.45) is 4.35. The van der Waals surface area contributed by atoms with Gasteiger partial charge in [0.15, 0.2) is 0 Å². The molecule has 0 aliphatic heterocycles. The summed E-state index contributed by atoms with van der Waals surface area (Å²) in [5.41, 5.74) is 2.08. The average Bonchev–Trinajstić information content (AvgIpc) is 3.11. The number of aromatic nitrogens is 1. The van der Waals surface area contributed by atoms with Crippen LogP contribution in [0, 0.1) is 5.92 Å². The first kappa shape index (κ1) is 12.1. The van der Waals surface area contributed by atoms with E-state index >= 15 is 0 Å². The Morgan fingerprint density at radius 2 is 2.26 bits per heavy atom. The molecule has 3 rings (SSSR count). The number of rotatable bonds is 5. The zero-order chi connectivity index (χ0) is 13.4. The van der Waals surface area contributed by atoms with Gasteiger partial charge in [-0.2, -0.15) is 0 Å². The highest BCUT2D eigenvalue weighted by Gasteiger charge is 2.34. The van der Waals surface area contributed by atoms with Crippen molar-refractivity contribution in [1.82, 2.24) is 4.98 Å². The molecule has 0 bridgehead atoms. The van der Waals surface area contributed by atoms with Crippen molar-refractivity contribution in [3.8, 4) is 5.75 Å². The Morgan fingerprint density at radius 1 is 1.47 bits per heavy atom. The second-order valence-corrected chi connectivity index (χ2v) is 5.17. The SMILES string of the molecule is COc1ccc(C(CC(=O)O)C2CC2)c2cc[nH]c12. The van der Waals surface area contributed by atoms with Crippen molar-refractivity contribution in [1.29, 1.82) is 0 Å². The van der Waals surface area contributed by atoms with Gasteiger partial charge < -0.3 is 14.8 Å². The molecule has 4 heteroatoms. The number of carboxylic acid groups (broad SMARTS) is 1. The van der Waals surface area contributed by atoms with Gasteiger partial charge in [-0.05, 0) is 42.4 Å². The molecule has 1 saturated carbocycles. The quantitative estimate of drug-likeness (QED) is 0.867. The molecule has 0 radical (unpaired) electrons. The fourth-order valence-electron chi connectivity index (χ4n) is 2.86. The molecule has 0 saturated heterocycles. The Kier molecular flexibility index (Phi) is 2.93. The number of H-pyrrole nitrogens is 1. The van der Waals surface area contributed by atoms with Crippen molar-refractivity contribution in [2.24, 2.45) is 5.92 Å². The normalized spacial score (nSPS) is 16.5. The summed E-state index contributed by atoms with van der Waals surface area (Å²) in [7, 11) is 1.64. The van der Waals surface area contributed by atoms with Crippen LogP contribution in [-0.2, 0) is 4.79 Å². The molecule has 1 aromatic heterocycles. The third-order valence-corrected chi connectivity index (χ3v) is 3.92. The number of hydrogen-bond donors (Lipinski definition) is 2. The number of fused-ring (bicyclic) bond motifs is 1. The number of aromatic amines is 1. The van der Waals surface area contributed by atoms with Crippen LogP contribution >= 0.6 is 0 Å². The summed E-state index contributed by atoms with van der Waals surface area (Å²) >= 11 is 0. The number of carboxylic acids is 1. The minimum Gasteiger partial charge on any atom is -0.495 e. The third kappa shape index (κ3) is 2.18. The summed E-state index contributed by atoms with van der Waals surface area (Å²) in [5, 5.41) is 10.2. The van der Waals surface area contributed by atoms with E-state index in [0.29, 0.717) is 5.92 Å². The molecule has 2 N–H and O–H groups in total. The van der Waals surface area contributed by atoms with Gasteiger partial charge in [0.05, 0.1) is 19.0 Å². The number of benzene rings is 1. The number of ether oxygens (including phenoxy) is 1. The molecule has 100 valence electrons. The Hall–Kier alpha value is -1.97. The monoisotopic (exact) mass is 259 g/mol. The summed E-state index contributed by atoms with van der Waals surface area (Å²) < 4.78 is 5.33. The fraction of sp³-hybridized carbons (Fsp3) is 0.400. The van der Waals surface area contributed by atoms with Gasteiger partial charge in [-0.25, -0.2) is 0 Å². The molecule has 4 nitrogen and oxygen atoms in total. The molecule has 2 aromatic rings. The maximum atomic E-state index is 11.1. The molecule has 1 aromatic carbocycles. The smallest absolute Gasteiger partial charge is 0.303 e. The van der Waals surface area contributed by atoms with Crippen molar-refractivity contribution in [3.05, 3.63) is 30.0 Å². The Morgan fingerprint density at radius 3 is 2.89 bits per heavy atom. The third-order valence-electron chi connectivity index (χ3n) is 3.92. The number of hydrogen-bond acceptors (Lipinski definition) is 2. The Labute approximate surface area is 111 Å². The van der Waals surface area contributed by atoms with Crippen LogP contribution in [0.1, 0.15) is 30.7 Å². The van der Waals surface area contributed by atoms with Crippen LogP contribution in [0.15, 0.2) is 24.4 Å². The second kappa shape index (κ2) is 4.61. The van der Waals surface area contributed by atoms with Gasteiger partial charge in [-0.3, -0.25) is 4.79 Å². The van der Waals surface area contributed by atoms with Gasteiger partial charge in [-0.15, -0.1) is 0 Å². The van der Waals surface area contributed by atoms with Crippen molar-refractivity contribution >= 4 is 16.9 Å². The van der Waals surface area contributed by atoms with E-state index in [-0.39, 0.29) is 12.3 Å². The lowest BCUT2D eigenvalue weighted by Gasteiger charge is -2.16. The van der Waals surface area contributed by atoms with Crippen molar-refractivity contribution in [3.63, 3.8) is 0 Å². The molecule has 1 fully saturated rings. The molecule has 1 atom stereocenters. The van der Waals surface area contributed by atoms with E-state index < -0.39 is 5.97 Å². The van der Waals surface area contributed by atoms with Crippen LogP contribution in [0.25, 0.3) is 10.9 Å². The fourth-order valence-corrected chi connectivity index (χ4v) is 2.86. The van der Waals surface area contributed by atoms with Crippen molar-refractivity contribution < 1.29 is 14.6 Å². The summed E-state index contributed by atoms with van der Waals surface area (Å²) in [4.78, 5) is 14.3. The highest BCUT2D eigenvalue weighted by Crippen LogP contribution is 2.47. The highest BCUT2D eigenvalue weighted by atomic mass is 16.5. The van der Waals surface area contributed by atoms with E-state index in [1.54, 1.807) is 7.11 Å². The van der Waals surface area contributed by atoms with Gasteiger partial charge >= 0.3 is 5.97 Å². The topological polar surface area (TPSA) is 62.3 Å². The molecule has 1 aliphatic rings. The Balaban J connectivity index is 2.07. The van der Waals surface area contributed by atoms with E-state index in [1.807, 2.05) is 24.4 Å². The maximum Gasteiger partial charge on any atom is 0.303 e. The minimum absolute atomic E-state index is 0.113. The zero-order valence-electron chi connectivity index (χ0n) is 10.8. The Bertz CT molecular complexity index is 613. The predicted octanol–water partition coefficient (Wildman–Crippen LogP) is 3.14. The molecular weight excluding hydrogens is 242 g/mol. The largest absolute Gasteiger partial charge is 0.495 e. The van der Waals surface area contributed by atoms with Crippen LogP contribution in [0.2, 0.25) is 0 Å². The van der Waals surface area contributed by atoms with E-state index in [2.05, 4.69) is 4.98 Å². The predicted molar refractivity (Wildman–Crippen MR) is 72.6 cm³/mol. The summed E-state index contributed by atoms with van der Waals surface area (Å²) in [5.74, 6) is 0.703. The highest BCUT2D eigenvalue weighted by molar-refractivity contribution is 5.89. The number of aliphatic carboxylic acids is 1. The van der Waals surface area contributed by atoms with Crippen LogP contribution in [-0.4, -0.2) is 23.2 Å². The van der Waals surface area contributed by atoms with Crippen LogP contribution in [0.5, 0.6) is 5.75 Å². The van der Waals surface area contributed by atoms with E-state index in [0.717, 1.165) is 35.1 Å². The molecule has 0 spiro atoms. The number of nitrogens with one attached hydrogen (secondary N) is 1. The lowest BCUT2D eigenvalue weighted by Crippen LogP contribution is -2.08. The molecule has 0 amide bonds. The van der Waals surface area contributed by atoms with E-state index in [1.165, 1.54) is 0 Å². The van der Waals surface area contributed by atoms with Crippen molar-refractivity contribution in [2.75, 3.05) is 7.11 Å². The lowest BCUT2D eigenvalue weighted by molar-refractivity contribution is -0.137. The van der Waals surface area contributed by atoms with E-state index in [9.17, 15) is 4.79 Å². The molecule has 19 heavy (non-hydrogen) atoms. The average molecular weight is 259 g/mol. The van der Waals surface area contributed by atoms with Gasteiger partial charge in [-0.1, -0.05) is 6.07 Å². The standard InChI is InChI=1S/C15H17NO3/c1-19-13-5-4-10(11-6-7-16-15(11)13)12(8-14(17)18)9-2-3-9/h4-7,9,12,16H,2-3,8H2,1H3,(H,17,18). The molecule has 1 aliphatic carbocycles. The second-order valence-electron chi connectivity index (χ2n) is 5.17. The number of carbonyl (C=O) groups is 1. The zero-order valence-corrected chi connectivity index (χ0v) is 10.8. The van der Waals surface area contributed by atoms with Crippen molar-refractivity contribution in [2.45, 2.75) is 25.2 Å². The van der Waals surface area contributed by atoms with Crippen LogP contribution in [0.4, 0.5) is 0 Å². The summed E-state index contributed by atoms with van der Waals surface area (Å²) in [6, 6.07) is 5.94. The number of methoxy groups -OCH3 is 1. The molecular formula is C15H17NO3. The molecule has 1 heterocycles. The van der Waals surface area contributed by atoms with E-state index in [4.69, 9.17) is 9.84 Å².